The van der Waals surface area contributed by atoms with Gasteiger partial charge in [-0.3, -0.25) is 9.59 Å². The third kappa shape index (κ3) is 3.03. The van der Waals surface area contributed by atoms with Crippen LogP contribution >= 0.6 is 0 Å². The highest BCUT2D eigenvalue weighted by Gasteiger charge is 2.25. The van der Waals surface area contributed by atoms with E-state index < -0.39 is 17.8 Å². The van der Waals surface area contributed by atoms with Crippen molar-refractivity contribution in [2.45, 2.75) is 6.92 Å². The Labute approximate surface area is 132 Å². The van der Waals surface area contributed by atoms with Crippen LogP contribution in [-0.2, 0) is 9.59 Å². The monoisotopic (exact) mass is 307 g/mol. The van der Waals surface area contributed by atoms with Gasteiger partial charge in [-0.05, 0) is 43.3 Å². The van der Waals surface area contributed by atoms with Crippen LogP contribution in [0.4, 0.5) is 5.69 Å². The van der Waals surface area contributed by atoms with Crippen LogP contribution in [0.15, 0.2) is 60.7 Å². The molecule has 0 radical (unpaired) electrons. The van der Waals surface area contributed by atoms with Crippen molar-refractivity contribution in [1.29, 1.82) is 0 Å². The highest BCUT2D eigenvalue weighted by atomic mass is 16.5. The quantitative estimate of drug-likeness (QED) is 0.497. The topological polar surface area (TPSA) is 63.7 Å². The van der Waals surface area contributed by atoms with Crippen LogP contribution in [0.2, 0.25) is 0 Å². The molecule has 1 aliphatic heterocycles. The Kier molecular flexibility index (Phi) is 3.76. The largest absolute Gasteiger partial charge is 0.423 e. The number of esters is 1. The third-order valence-corrected chi connectivity index (χ3v) is 3.40. The van der Waals surface area contributed by atoms with Gasteiger partial charge in [0.25, 0.3) is 11.8 Å². The van der Waals surface area contributed by atoms with Gasteiger partial charge in [-0.25, -0.2) is 9.69 Å². The Bertz CT molecular complexity index is 786. The van der Waals surface area contributed by atoms with E-state index in [9.17, 15) is 14.4 Å². The van der Waals surface area contributed by atoms with Crippen molar-refractivity contribution >= 4 is 23.5 Å². The van der Waals surface area contributed by atoms with E-state index in [2.05, 4.69) is 0 Å². The number of carbonyl (C=O) groups excluding carboxylic acids is 3. The van der Waals surface area contributed by atoms with Crippen molar-refractivity contribution in [2.75, 3.05) is 4.90 Å². The predicted octanol–water partition coefficient (Wildman–Crippen LogP) is 2.64. The van der Waals surface area contributed by atoms with Crippen LogP contribution in [0, 0.1) is 6.92 Å². The smallest absolute Gasteiger partial charge is 0.343 e. The first-order valence-corrected chi connectivity index (χ1v) is 6.99. The number of amides is 2. The maximum Gasteiger partial charge on any atom is 0.343 e. The van der Waals surface area contributed by atoms with Gasteiger partial charge in [0.15, 0.2) is 0 Å². The molecule has 0 spiro atoms. The SMILES string of the molecule is Cc1ccc(OC(=O)c2ccc(N3C(=O)C=CC3=O)cc2)cc1. The summed E-state index contributed by atoms with van der Waals surface area (Å²) in [6.45, 7) is 1.94. The Balaban J connectivity index is 1.74. The molecule has 0 aliphatic carbocycles. The molecule has 0 atom stereocenters. The van der Waals surface area contributed by atoms with Gasteiger partial charge in [-0.1, -0.05) is 17.7 Å². The van der Waals surface area contributed by atoms with E-state index in [1.807, 2.05) is 19.1 Å². The first-order chi connectivity index (χ1) is 11.0. The Hall–Kier alpha value is -3.21. The molecule has 0 saturated heterocycles. The molecule has 5 nitrogen and oxygen atoms in total. The van der Waals surface area contributed by atoms with E-state index >= 15 is 0 Å². The molecule has 0 N–H and O–H groups in total. The van der Waals surface area contributed by atoms with Crippen LogP contribution in [0.5, 0.6) is 5.75 Å². The Morgan fingerprint density at radius 2 is 1.43 bits per heavy atom. The van der Waals surface area contributed by atoms with Gasteiger partial charge in [0.05, 0.1) is 11.3 Å². The number of nitrogens with zero attached hydrogens (tertiary/aromatic N) is 1. The molecule has 0 fully saturated rings. The second kappa shape index (κ2) is 5.88. The van der Waals surface area contributed by atoms with E-state index in [1.54, 1.807) is 12.1 Å². The van der Waals surface area contributed by atoms with Crippen LogP contribution < -0.4 is 9.64 Å². The standard InChI is InChI=1S/C18H13NO4/c1-12-2-8-15(9-3-12)23-18(22)13-4-6-14(7-5-13)19-16(20)10-11-17(19)21/h2-11H,1H3. The molecule has 0 unspecified atom stereocenters. The van der Waals surface area contributed by atoms with Crippen molar-refractivity contribution in [3.63, 3.8) is 0 Å². The van der Waals surface area contributed by atoms with Crippen molar-refractivity contribution < 1.29 is 19.1 Å². The molecule has 1 heterocycles. The van der Waals surface area contributed by atoms with Gasteiger partial charge in [0.2, 0.25) is 0 Å². The molecule has 0 aromatic heterocycles. The second-order valence-corrected chi connectivity index (χ2v) is 5.09. The zero-order valence-electron chi connectivity index (χ0n) is 12.4. The molecule has 2 aromatic carbocycles. The number of rotatable bonds is 3. The average molecular weight is 307 g/mol. The number of carbonyl (C=O) groups is 3. The number of anilines is 1. The lowest BCUT2D eigenvalue weighted by Gasteiger charge is -2.14. The maximum absolute atomic E-state index is 12.1. The Morgan fingerprint density at radius 3 is 2.00 bits per heavy atom. The van der Waals surface area contributed by atoms with E-state index in [1.165, 1.54) is 36.4 Å². The van der Waals surface area contributed by atoms with Gasteiger partial charge in [0.1, 0.15) is 5.75 Å². The number of ether oxygens (including phenoxy) is 1. The molecule has 114 valence electrons. The summed E-state index contributed by atoms with van der Waals surface area (Å²) >= 11 is 0. The molecule has 0 bridgehead atoms. The normalized spacial score (nSPS) is 13.5. The van der Waals surface area contributed by atoms with E-state index in [0.717, 1.165) is 10.5 Å². The minimum atomic E-state index is -0.502. The second-order valence-electron chi connectivity index (χ2n) is 5.09. The fourth-order valence-electron chi connectivity index (χ4n) is 2.17. The van der Waals surface area contributed by atoms with Crippen molar-refractivity contribution in [1.82, 2.24) is 0 Å². The van der Waals surface area contributed by atoms with Crippen molar-refractivity contribution in [3.8, 4) is 5.75 Å². The fraction of sp³-hybridized carbons (Fsp3) is 0.0556. The summed E-state index contributed by atoms with van der Waals surface area (Å²) in [5, 5.41) is 0. The van der Waals surface area contributed by atoms with Gasteiger partial charge in [-0.15, -0.1) is 0 Å². The van der Waals surface area contributed by atoms with Crippen LogP contribution in [0.25, 0.3) is 0 Å². The van der Waals surface area contributed by atoms with Crippen molar-refractivity contribution in [3.05, 3.63) is 71.8 Å². The molecule has 2 aromatic rings. The van der Waals surface area contributed by atoms with Crippen LogP contribution in [-0.4, -0.2) is 17.8 Å². The van der Waals surface area contributed by atoms with Gasteiger partial charge >= 0.3 is 5.97 Å². The summed E-state index contributed by atoms with van der Waals surface area (Å²) in [4.78, 5) is 36.3. The molecule has 5 heteroatoms. The zero-order chi connectivity index (χ0) is 16.4. The van der Waals surface area contributed by atoms with Gasteiger partial charge < -0.3 is 4.74 Å². The third-order valence-electron chi connectivity index (χ3n) is 3.40. The molecule has 0 saturated carbocycles. The van der Waals surface area contributed by atoms with Crippen LogP contribution in [0.3, 0.4) is 0 Å². The molecular formula is C18H13NO4. The average Bonchev–Trinajstić information content (AvgIpc) is 2.88. The molecular weight excluding hydrogens is 294 g/mol. The number of hydrogen-bond acceptors (Lipinski definition) is 4. The molecule has 2 amide bonds. The summed E-state index contributed by atoms with van der Waals surface area (Å²) in [6, 6.07) is 13.2. The first kappa shape index (κ1) is 14.7. The summed E-state index contributed by atoms with van der Waals surface area (Å²) in [6.07, 6.45) is 2.42. The zero-order valence-corrected chi connectivity index (χ0v) is 12.4. The lowest BCUT2D eigenvalue weighted by Crippen LogP contribution is -2.29. The minimum Gasteiger partial charge on any atom is -0.423 e. The lowest BCUT2D eigenvalue weighted by atomic mass is 10.2. The molecule has 1 aliphatic rings. The number of imide groups is 1. The first-order valence-electron chi connectivity index (χ1n) is 6.99. The number of aryl methyl sites for hydroxylation is 1. The Morgan fingerprint density at radius 1 is 0.870 bits per heavy atom. The van der Waals surface area contributed by atoms with Crippen LogP contribution in [0.1, 0.15) is 15.9 Å². The summed E-state index contributed by atoms with van der Waals surface area (Å²) in [5.74, 6) is -0.841. The van der Waals surface area contributed by atoms with E-state index in [0.29, 0.717) is 17.0 Å². The number of benzene rings is 2. The van der Waals surface area contributed by atoms with Crippen molar-refractivity contribution in [2.24, 2.45) is 0 Å². The van der Waals surface area contributed by atoms with E-state index in [-0.39, 0.29) is 0 Å². The summed E-state index contributed by atoms with van der Waals surface area (Å²) < 4.78 is 5.26. The predicted molar refractivity (Wildman–Crippen MR) is 84.2 cm³/mol. The van der Waals surface area contributed by atoms with Gasteiger partial charge in [0, 0.05) is 12.2 Å². The summed E-state index contributed by atoms with van der Waals surface area (Å²) in [5.41, 5.74) is 1.82. The fourth-order valence-corrected chi connectivity index (χ4v) is 2.17. The highest BCUT2D eigenvalue weighted by Crippen LogP contribution is 2.20. The minimum absolute atomic E-state index is 0.335. The lowest BCUT2D eigenvalue weighted by molar-refractivity contribution is -0.119. The summed E-state index contributed by atoms with van der Waals surface area (Å²) in [7, 11) is 0. The molecule has 23 heavy (non-hydrogen) atoms. The maximum atomic E-state index is 12.1. The van der Waals surface area contributed by atoms with E-state index in [4.69, 9.17) is 4.74 Å². The highest BCUT2D eigenvalue weighted by molar-refractivity contribution is 6.28. The molecule has 3 rings (SSSR count). The number of hydrogen-bond donors (Lipinski definition) is 0. The van der Waals surface area contributed by atoms with Gasteiger partial charge in [-0.2, -0.15) is 0 Å².